The van der Waals surface area contributed by atoms with Crippen LogP contribution in [0, 0.1) is 0 Å². The van der Waals surface area contributed by atoms with E-state index in [1.165, 1.54) is 67.8 Å². The molecular formula is C52H55O27+. The number of carbonyl (C=O) groups is 2. The van der Waals surface area contributed by atoms with Gasteiger partial charge >= 0.3 is 23.3 Å². The fraction of sp³-hybridized carbons (Fsp3) is 0.365. The quantitative estimate of drug-likeness (QED) is 0.0238. The summed E-state index contributed by atoms with van der Waals surface area (Å²) in [5.41, 5.74) is 0.435. The maximum atomic E-state index is 13.0. The third kappa shape index (κ3) is 13.0. The van der Waals surface area contributed by atoms with Crippen molar-refractivity contribution in [1.29, 1.82) is 0 Å². The van der Waals surface area contributed by atoms with Crippen LogP contribution in [0.5, 0.6) is 51.7 Å². The molecule has 3 saturated heterocycles. The molecule has 8 rings (SSSR count). The highest BCUT2D eigenvalue weighted by Gasteiger charge is 2.53. The molecule has 27 heteroatoms. The van der Waals surface area contributed by atoms with Crippen LogP contribution in [0.2, 0.25) is 0 Å². The van der Waals surface area contributed by atoms with Gasteiger partial charge in [-0.15, -0.1) is 0 Å². The van der Waals surface area contributed by atoms with Gasteiger partial charge in [-0.2, -0.15) is 0 Å². The Morgan fingerprint density at radius 1 is 0.532 bits per heavy atom. The third-order valence-electron chi connectivity index (χ3n) is 12.8. The van der Waals surface area contributed by atoms with Crippen LogP contribution < -0.4 is 14.2 Å². The van der Waals surface area contributed by atoms with Gasteiger partial charge in [0.05, 0.1) is 25.3 Å². The summed E-state index contributed by atoms with van der Waals surface area (Å²) >= 11 is 0. The van der Waals surface area contributed by atoms with Gasteiger partial charge in [0.2, 0.25) is 18.3 Å². The first-order chi connectivity index (χ1) is 37.6. The van der Waals surface area contributed by atoms with Crippen molar-refractivity contribution >= 4 is 35.1 Å². The van der Waals surface area contributed by atoms with E-state index in [1.807, 2.05) is 0 Å². The molecule has 15 atom stereocenters. The fourth-order valence-electron chi connectivity index (χ4n) is 8.44. The summed E-state index contributed by atoms with van der Waals surface area (Å²) in [7, 11) is 1.25. The minimum Gasteiger partial charge on any atom is -0.507 e. The fourth-order valence-corrected chi connectivity index (χ4v) is 8.44. The van der Waals surface area contributed by atoms with Crippen molar-refractivity contribution in [3.8, 4) is 63.1 Å². The summed E-state index contributed by atoms with van der Waals surface area (Å²) in [5, 5.41) is 158. The number of hydrogen-bond donors (Lipinski definition) is 15. The Morgan fingerprint density at radius 3 is 1.62 bits per heavy atom. The van der Waals surface area contributed by atoms with E-state index < -0.39 is 158 Å². The number of aliphatic hydroxyl groups is 9. The highest BCUT2D eigenvalue weighted by Crippen LogP contribution is 2.44. The molecule has 27 nitrogen and oxygen atoms in total. The van der Waals surface area contributed by atoms with E-state index in [4.69, 9.17) is 47.0 Å². The van der Waals surface area contributed by atoms with Crippen LogP contribution in [0.1, 0.15) is 11.1 Å². The monoisotopic (exact) mass is 1110 g/mol. The van der Waals surface area contributed by atoms with E-state index in [-0.39, 0.29) is 50.7 Å². The summed E-state index contributed by atoms with van der Waals surface area (Å²) in [6.45, 7) is -2.44. The Balaban J connectivity index is 1.14. The van der Waals surface area contributed by atoms with Crippen molar-refractivity contribution in [2.24, 2.45) is 0 Å². The average molecular weight is 1110 g/mol. The molecule has 0 radical (unpaired) electrons. The molecule has 15 N–H and O–H groups in total. The second kappa shape index (κ2) is 24.6. The standard InChI is InChI=1S/C52H54O27/c1-70-33-14-23(6-9-28(33)57)48-34(17-25-31(73-48)15-24(54)16-32(25)74-50-46(68)43(65)40(62)35(18-53)76-50)75-52-49(45(67)42(64)37(78-52)20-72-39(61)11-5-22-3-8-27(56)30(59)13-22)79-51-47(69)44(66)41(63)36(77-51)19-71-38(60)10-4-21-2-7-26(55)29(58)12-21/h2-17,35-37,40-47,49-53,62-69H,18-20H2,1H3,(H5-,54,55,56,57,58,59,60,61)/p+1/t35-,36-,37-,40-,41-,42-,43+,44+,45+,46-,47-,49-,50-,51+,52+/m1/s1. The number of methoxy groups -OCH3 is 1. The number of phenols is 6. The van der Waals surface area contributed by atoms with E-state index in [9.17, 15) is 86.2 Å². The summed E-state index contributed by atoms with van der Waals surface area (Å²) in [4.78, 5) is 25.7. The molecule has 0 spiro atoms. The molecule has 0 saturated carbocycles. The number of hydrogen-bond acceptors (Lipinski definition) is 26. The van der Waals surface area contributed by atoms with Gasteiger partial charge in [-0.05, 0) is 59.7 Å². The SMILES string of the molecule is COc1cc(-c2[o+]c3cc(O)cc(O[C@@H]4O[C@H](CO)[C@@H](O)[C@H](O)[C@H]4O)c3cc2O[C@H]2O[C@H](COC(=O)C=Cc3ccc(O)c(O)c3)[C@@H](O)[C@H](O)[C@H]2O[C@@H]2O[C@H](COC(=O)C=Cc3ccc(O)c(O)c3)[C@@H](O)[C@H](O)[C@H]2O)ccc1O. The first-order valence-electron chi connectivity index (χ1n) is 23.9. The zero-order chi connectivity index (χ0) is 57.0. The Morgan fingerprint density at radius 2 is 1.05 bits per heavy atom. The van der Waals surface area contributed by atoms with Gasteiger partial charge in [0, 0.05) is 30.4 Å². The number of ether oxygens (including phenoxy) is 9. The summed E-state index contributed by atoms with van der Waals surface area (Å²) < 4.78 is 58.1. The van der Waals surface area contributed by atoms with Crippen LogP contribution in [0.25, 0.3) is 34.4 Å². The van der Waals surface area contributed by atoms with Crippen LogP contribution in [-0.4, -0.2) is 208 Å². The molecule has 0 amide bonds. The van der Waals surface area contributed by atoms with E-state index in [0.717, 1.165) is 36.4 Å². The predicted molar refractivity (Wildman–Crippen MR) is 263 cm³/mol. The van der Waals surface area contributed by atoms with Gasteiger partial charge in [-0.25, -0.2) is 14.0 Å². The van der Waals surface area contributed by atoms with Gasteiger partial charge in [-0.3, -0.25) is 0 Å². The summed E-state index contributed by atoms with van der Waals surface area (Å²) in [6.07, 6.45) is -24.5. The van der Waals surface area contributed by atoms with Crippen molar-refractivity contribution in [3.63, 3.8) is 0 Å². The number of carbonyl (C=O) groups excluding carboxylic acids is 2. The third-order valence-corrected chi connectivity index (χ3v) is 12.8. The molecule has 4 aromatic carbocycles. The first kappa shape index (κ1) is 57.6. The number of aliphatic hydroxyl groups excluding tert-OH is 9. The van der Waals surface area contributed by atoms with Crippen molar-refractivity contribution in [1.82, 2.24) is 0 Å². The summed E-state index contributed by atoms with van der Waals surface area (Å²) in [5.74, 6) is -5.76. The van der Waals surface area contributed by atoms with Crippen molar-refractivity contribution in [3.05, 3.63) is 96.1 Å². The second-order valence-corrected chi connectivity index (χ2v) is 18.2. The normalized spacial score (nSPS) is 29.1. The topological polar surface area (TPSA) is 432 Å². The van der Waals surface area contributed by atoms with Crippen LogP contribution in [0.3, 0.4) is 0 Å². The van der Waals surface area contributed by atoms with E-state index in [2.05, 4.69) is 0 Å². The lowest BCUT2D eigenvalue weighted by molar-refractivity contribution is -0.358. The van der Waals surface area contributed by atoms with Crippen molar-refractivity contribution < 1.29 is 133 Å². The second-order valence-electron chi connectivity index (χ2n) is 18.2. The molecule has 0 unspecified atom stereocenters. The highest BCUT2D eigenvalue weighted by atomic mass is 16.8. The Labute approximate surface area is 445 Å². The number of esters is 2. The number of fused-ring (bicyclic) bond motifs is 1. The number of aromatic hydroxyl groups is 6. The molecule has 0 aliphatic carbocycles. The molecule has 4 heterocycles. The lowest BCUT2D eigenvalue weighted by atomic mass is 9.97. The molecule has 424 valence electrons. The molecule has 3 fully saturated rings. The van der Waals surface area contributed by atoms with Crippen LogP contribution in [0.4, 0.5) is 0 Å². The maximum absolute atomic E-state index is 13.0. The Hall–Kier alpha value is -7.61. The lowest BCUT2D eigenvalue weighted by Crippen LogP contribution is -2.65. The molecule has 0 bridgehead atoms. The van der Waals surface area contributed by atoms with Gasteiger partial charge in [0.25, 0.3) is 0 Å². The van der Waals surface area contributed by atoms with E-state index in [1.54, 1.807) is 0 Å². The minimum absolute atomic E-state index is 0.0796. The Bertz CT molecular complexity index is 3040. The van der Waals surface area contributed by atoms with E-state index in [0.29, 0.717) is 0 Å². The van der Waals surface area contributed by atoms with Gasteiger partial charge in [-0.1, -0.05) is 12.1 Å². The summed E-state index contributed by atoms with van der Waals surface area (Å²) in [6, 6.07) is 14.6. The Kier molecular flexibility index (Phi) is 17.9. The molecule has 3 aliphatic rings. The van der Waals surface area contributed by atoms with Crippen molar-refractivity contribution in [2.75, 3.05) is 26.9 Å². The van der Waals surface area contributed by atoms with Crippen LogP contribution in [-0.2, 0) is 38.0 Å². The molecule has 5 aromatic rings. The zero-order valence-corrected chi connectivity index (χ0v) is 41.1. The molecule has 79 heavy (non-hydrogen) atoms. The number of rotatable bonds is 17. The largest absolute Gasteiger partial charge is 0.507 e. The average Bonchev–Trinajstić information content (AvgIpc) is 3.59. The smallest absolute Gasteiger partial charge is 0.402 e. The van der Waals surface area contributed by atoms with E-state index >= 15 is 0 Å². The van der Waals surface area contributed by atoms with Crippen molar-refractivity contribution in [2.45, 2.75) is 92.1 Å². The highest BCUT2D eigenvalue weighted by molar-refractivity contribution is 5.89. The minimum atomic E-state index is -2.17. The molecule has 3 aliphatic heterocycles. The number of benzene rings is 4. The molecular weight excluding hydrogens is 1060 g/mol. The lowest BCUT2D eigenvalue weighted by Gasteiger charge is -2.45. The predicted octanol–water partition coefficient (Wildman–Crippen LogP) is -0.667. The number of phenolic OH excluding ortho intramolecular Hbond substituents is 6. The van der Waals surface area contributed by atoms with Gasteiger partial charge in [0.1, 0.15) is 97.2 Å². The first-order valence-corrected chi connectivity index (χ1v) is 23.9. The van der Waals surface area contributed by atoms with Gasteiger partial charge < -0.3 is 119 Å². The van der Waals surface area contributed by atoms with Crippen LogP contribution >= 0.6 is 0 Å². The van der Waals surface area contributed by atoms with Crippen LogP contribution in [0.15, 0.2) is 89.4 Å². The maximum Gasteiger partial charge on any atom is 0.402 e. The molecule has 1 aromatic heterocycles. The van der Waals surface area contributed by atoms with Gasteiger partial charge in [0.15, 0.2) is 46.9 Å². The zero-order valence-electron chi connectivity index (χ0n) is 41.1.